The van der Waals surface area contributed by atoms with E-state index in [1.807, 2.05) is 25.1 Å². The van der Waals surface area contributed by atoms with Gasteiger partial charge in [-0.05, 0) is 37.3 Å². The average molecular weight is 377 g/mol. The summed E-state index contributed by atoms with van der Waals surface area (Å²) in [5, 5.41) is 10.9. The van der Waals surface area contributed by atoms with Gasteiger partial charge in [-0.25, -0.2) is 0 Å². The van der Waals surface area contributed by atoms with Crippen molar-refractivity contribution in [1.82, 2.24) is 14.8 Å². The highest BCUT2D eigenvalue weighted by molar-refractivity contribution is 6.09. The van der Waals surface area contributed by atoms with E-state index in [1.54, 1.807) is 6.08 Å². The molecule has 0 saturated heterocycles. The molecule has 0 radical (unpaired) electrons. The summed E-state index contributed by atoms with van der Waals surface area (Å²) in [7, 11) is 0. The third-order valence-electron chi connectivity index (χ3n) is 5.13. The summed E-state index contributed by atoms with van der Waals surface area (Å²) in [5.41, 5.74) is 5.08. The van der Waals surface area contributed by atoms with E-state index in [9.17, 15) is 0 Å². The molecule has 0 saturated carbocycles. The Hall–Kier alpha value is -3.92. The number of fused-ring (bicyclic) bond motifs is 3. The molecule has 2 heterocycles. The van der Waals surface area contributed by atoms with Crippen molar-refractivity contribution >= 4 is 27.4 Å². The smallest absolute Gasteiger partial charge is 0.248 e. The molecule has 0 aliphatic rings. The van der Waals surface area contributed by atoms with Gasteiger partial charge in [0.25, 0.3) is 0 Å². The maximum Gasteiger partial charge on any atom is 0.248 e. The molecule has 29 heavy (non-hydrogen) atoms. The van der Waals surface area contributed by atoms with Crippen molar-refractivity contribution in [3.63, 3.8) is 0 Å². The topological polar surface area (TPSA) is 43.9 Å². The van der Waals surface area contributed by atoms with Gasteiger partial charge in [0.05, 0.1) is 11.0 Å². The number of nitrogens with zero attached hydrogens (tertiary/aromatic N) is 3. The summed E-state index contributed by atoms with van der Waals surface area (Å²) >= 11 is 0. The van der Waals surface area contributed by atoms with Gasteiger partial charge in [-0.1, -0.05) is 61.2 Å². The standard InChI is InChI=1S/C25H19N3O/c1-3-17(4-2)24-26-27-25(29-24)18-10-9-11-19(16-18)28-22-14-7-5-12-20(22)21-13-6-8-15-23(21)28/h3-16H,1H2,2H3/b17-4+. The molecule has 0 N–H and O–H groups in total. The number of hydrogen-bond acceptors (Lipinski definition) is 3. The first-order chi connectivity index (χ1) is 14.3. The van der Waals surface area contributed by atoms with E-state index >= 15 is 0 Å². The number of rotatable bonds is 4. The highest BCUT2D eigenvalue weighted by Crippen LogP contribution is 2.33. The van der Waals surface area contributed by atoms with E-state index in [1.165, 1.54) is 21.8 Å². The van der Waals surface area contributed by atoms with Crippen LogP contribution in [0.4, 0.5) is 0 Å². The SMILES string of the molecule is C=C/C(=C\C)c1nnc(-c2cccc(-n3c4ccccc4c4ccccc43)c2)o1. The third-order valence-corrected chi connectivity index (χ3v) is 5.13. The quantitative estimate of drug-likeness (QED) is 0.339. The second-order valence-corrected chi connectivity index (χ2v) is 6.78. The molecule has 0 fully saturated rings. The molecular formula is C25H19N3O. The zero-order chi connectivity index (χ0) is 19.8. The lowest BCUT2D eigenvalue weighted by Gasteiger charge is -2.08. The van der Waals surface area contributed by atoms with Gasteiger partial charge in [0.15, 0.2) is 0 Å². The van der Waals surface area contributed by atoms with Crippen LogP contribution in [0.1, 0.15) is 12.8 Å². The Morgan fingerprint density at radius 2 is 1.59 bits per heavy atom. The van der Waals surface area contributed by atoms with Crippen LogP contribution in [-0.2, 0) is 0 Å². The Kier molecular flexibility index (Phi) is 4.10. The summed E-state index contributed by atoms with van der Waals surface area (Å²) in [4.78, 5) is 0. The molecule has 4 nitrogen and oxygen atoms in total. The first-order valence-corrected chi connectivity index (χ1v) is 9.52. The van der Waals surface area contributed by atoms with Gasteiger partial charge in [0.1, 0.15) is 0 Å². The second kappa shape index (κ2) is 6.91. The van der Waals surface area contributed by atoms with E-state index < -0.39 is 0 Å². The van der Waals surface area contributed by atoms with Gasteiger partial charge in [0.2, 0.25) is 11.8 Å². The molecular weight excluding hydrogens is 358 g/mol. The van der Waals surface area contributed by atoms with Gasteiger partial charge >= 0.3 is 0 Å². The average Bonchev–Trinajstić information content (AvgIpc) is 3.38. The zero-order valence-electron chi connectivity index (χ0n) is 16.0. The van der Waals surface area contributed by atoms with Crippen molar-refractivity contribution in [2.75, 3.05) is 0 Å². The molecule has 2 aromatic heterocycles. The van der Waals surface area contributed by atoms with Crippen LogP contribution in [0.5, 0.6) is 0 Å². The minimum atomic E-state index is 0.472. The number of para-hydroxylation sites is 2. The monoisotopic (exact) mass is 377 g/mol. The lowest BCUT2D eigenvalue weighted by atomic mass is 10.2. The molecule has 5 aromatic rings. The van der Waals surface area contributed by atoms with Gasteiger partial charge < -0.3 is 8.98 Å². The molecule has 3 aromatic carbocycles. The Labute approximate surface area is 168 Å². The second-order valence-electron chi connectivity index (χ2n) is 6.78. The molecule has 140 valence electrons. The molecule has 0 amide bonds. The number of benzene rings is 3. The minimum Gasteiger partial charge on any atom is -0.416 e. The normalized spacial score (nSPS) is 12.0. The molecule has 0 bridgehead atoms. The summed E-state index contributed by atoms with van der Waals surface area (Å²) in [6.07, 6.45) is 3.62. The van der Waals surface area contributed by atoms with Crippen molar-refractivity contribution in [2.24, 2.45) is 0 Å². The predicted molar refractivity (Wildman–Crippen MR) is 118 cm³/mol. The number of hydrogen-bond donors (Lipinski definition) is 0. The highest BCUT2D eigenvalue weighted by Gasteiger charge is 2.14. The van der Waals surface area contributed by atoms with Crippen LogP contribution in [0.15, 0.2) is 95.9 Å². The van der Waals surface area contributed by atoms with Crippen LogP contribution in [0, 0.1) is 0 Å². The fraction of sp³-hybridized carbons (Fsp3) is 0.0400. The molecule has 0 aliphatic heterocycles. The minimum absolute atomic E-state index is 0.472. The molecule has 5 rings (SSSR count). The Bertz CT molecular complexity index is 1330. The maximum atomic E-state index is 5.89. The van der Waals surface area contributed by atoms with Crippen molar-refractivity contribution in [3.8, 4) is 17.1 Å². The highest BCUT2D eigenvalue weighted by atomic mass is 16.4. The van der Waals surface area contributed by atoms with E-state index in [4.69, 9.17) is 4.42 Å². The van der Waals surface area contributed by atoms with Crippen molar-refractivity contribution in [3.05, 3.63) is 97.4 Å². The van der Waals surface area contributed by atoms with Gasteiger partial charge in [0, 0.05) is 27.6 Å². The zero-order valence-corrected chi connectivity index (χ0v) is 16.0. The summed E-state index contributed by atoms with van der Waals surface area (Å²) in [5.74, 6) is 0.962. The summed E-state index contributed by atoms with van der Waals surface area (Å²) < 4.78 is 8.16. The van der Waals surface area contributed by atoms with Crippen LogP contribution < -0.4 is 0 Å². The molecule has 0 atom stereocenters. The van der Waals surface area contributed by atoms with Gasteiger partial charge in [-0.3, -0.25) is 0 Å². The van der Waals surface area contributed by atoms with Crippen molar-refractivity contribution in [1.29, 1.82) is 0 Å². The van der Waals surface area contributed by atoms with E-state index in [0.29, 0.717) is 11.8 Å². The largest absolute Gasteiger partial charge is 0.416 e. The molecule has 0 spiro atoms. The van der Waals surface area contributed by atoms with Crippen LogP contribution in [0.25, 0.3) is 44.5 Å². The van der Waals surface area contributed by atoms with E-state index in [2.05, 4.69) is 82.0 Å². The maximum absolute atomic E-state index is 5.89. The fourth-order valence-corrected chi connectivity index (χ4v) is 3.76. The lowest BCUT2D eigenvalue weighted by Crippen LogP contribution is -1.94. The van der Waals surface area contributed by atoms with Gasteiger partial charge in [-0.2, -0.15) is 0 Å². The Balaban J connectivity index is 1.69. The summed E-state index contributed by atoms with van der Waals surface area (Å²) in [6.45, 7) is 5.72. The first kappa shape index (κ1) is 17.2. The van der Waals surface area contributed by atoms with Crippen LogP contribution in [0.3, 0.4) is 0 Å². The van der Waals surface area contributed by atoms with E-state index in [-0.39, 0.29) is 0 Å². The van der Waals surface area contributed by atoms with E-state index in [0.717, 1.165) is 16.8 Å². The fourth-order valence-electron chi connectivity index (χ4n) is 3.76. The van der Waals surface area contributed by atoms with Crippen LogP contribution in [-0.4, -0.2) is 14.8 Å². The lowest BCUT2D eigenvalue weighted by molar-refractivity contribution is 0.554. The Morgan fingerprint density at radius 1 is 0.897 bits per heavy atom. The predicted octanol–water partition coefficient (Wildman–Crippen LogP) is 6.42. The summed E-state index contributed by atoms with van der Waals surface area (Å²) in [6, 6.07) is 25.1. The van der Waals surface area contributed by atoms with Crippen LogP contribution >= 0.6 is 0 Å². The number of aromatic nitrogens is 3. The first-order valence-electron chi connectivity index (χ1n) is 9.52. The molecule has 4 heteroatoms. The third kappa shape index (κ3) is 2.77. The van der Waals surface area contributed by atoms with Crippen molar-refractivity contribution in [2.45, 2.75) is 6.92 Å². The van der Waals surface area contributed by atoms with Crippen molar-refractivity contribution < 1.29 is 4.42 Å². The molecule has 0 aliphatic carbocycles. The van der Waals surface area contributed by atoms with Gasteiger partial charge in [-0.15, -0.1) is 10.2 Å². The van der Waals surface area contributed by atoms with Crippen LogP contribution in [0.2, 0.25) is 0 Å². The number of allylic oxidation sites excluding steroid dienone is 3. The Morgan fingerprint density at radius 3 is 2.24 bits per heavy atom. The molecule has 0 unspecified atom stereocenters.